The van der Waals surface area contributed by atoms with E-state index in [0.717, 1.165) is 18.2 Å². The first-order valence-electron chi connectivity index (χ1n) is 9.39. The van der Waals surface area contributed by atoms with Crippen molar-refractivity contribution >= 4 is 112 Å². The third-order valence-electron chi connectivity index (χ3n) is 4.60. The first-order valence-corrected chi connectivity index (χ1v) is 13.9. The number of sulfone groups is 1. The molecule has 3 aromatic rings. The van der Waals surface area contributed by atoms with E-state index >= 15 is 0 Å². The molecule has 190 valence electrons. The van der Waals surface area contributed by atoms with E-state index in [1.165, 1.54) is 37.4 Å². The summed E-state index contributed by atoms with van der Waals surface area (Å²) < 4.78 is 97.2. The number of phenolic OH excluding ortho intramolecular Hbond substituents is 1. The van der Waals surface area contributed by atoms with E-state index in [1.54, 1.807) is 0 Å². The van der Waals surface area contributed by atoms with Crippen LogP contribution in [0.25, 0.3) is 10.8 Å². The number of fused-ring (bicyclic) bond motifs is 1. The van der Waals surface area contributed by atoms with Crippen molar-refractivity contribution in [3.63, 3.8) is 0 Å². The van der Waals surface area contributed by atoms with Gasteiger partial charge in [0.25, 0.3) is 10.1 Å². The molecule has 3 rings (SSSR count). The summed E-state index contributed by atoms with van der Waals surface area (Å²) in [7, 11) is -12.3. The summed E-state index contributed by atoms with van der Waals surface area (Å²) in [5.41, 5.74) is -0.474. The van der Waals surface area contributed by atoms with Crippen LogP contribution >= 0.6 is 0 Å². The van der Waals surface area contributed by atoms with Gasteiger partial charge in [-0.05, 0) is 24.3 Å². The van der Waals surface area contributed by atoms with Crippen molar-refractivity contribution in [2.24, 2.45) is 10.2 Å². The first kappa shape index (κ1) is 33.9. The van der Waals surface area contributed by atoms with Crippen molar-refractivity contribution < 1.29 is 48.4 Å². The van der Waals surface area contributed by atoms with E-state index < -0.39 is 53.4 Å². The molecule has 2 radical (unpaired) electrons. The minimum atomic E-state index is -4.82. The largest absolute Gasteiger partial charge is 0.505 e. The number of ether oxygens (including phenoxy) is 1. The Kier molecular flexibility index (Phi) is 12.2. The number of rotatable bonds is 9. The Morgan fingerprint density at radius 1 is 0.838 bits per heavy atom. The third kappa shape index (κ3) is 8.67. The van der Waals surface area contributed by atoms with Crippen LogP contribution in [0.1, 0.15) is 0 Å². The van der Waals surface area contributed by atoms with Crippen molar-refractivity contribution in [3.8, 4) is 11.5 Å². The quantitative estimate of drug-likeness (QED) is 0.186. The van der Waals surface area contributed by atoms with Crippen LogP contribution in [0, 0.1) is 0 Å². The number of phenols is 1. The minimum absolute atomic E-state index is 0. The molecule has 0 aliphatic rings. The molecule has 0 fully saturated rings. The molecule has 0 amide bonds. The second-order valence-corrected chi connectivity index (χ2v) is 11.5. The average Bonchev–Trinajstić information content (AvgIpc) is 2.76. The molecule has 0 aliphatic carbocycles. The Hall–Kier alpha value is -1.15. The van der Waals surface area contributed by atoms with Gasteiger partial charge in [-0.1, -0.05) is 24.3 Å². The van der Waals surface area contributed by atoms with Crippen LogP contribution in [0.5, 0.6) is 11.5 Å². The van der Waals surface area contributed by atoms with Crippen LogP contribution in [0.3, 0.4) is 0 Å². The van der Waals surface area contributed by atoms with Gasteiger partial charge in [-0.3, -0.25) is 9.11 Å². The second kappa shape index (κ2) is 13.3. The van der Waals surface area contributed by atoms with Crippen LogP contribution in [0.4, 0.5) is 11.4 Å². The van der Waals surface area contributed by atoms with Gasteiger partial charge in [0.15, 0.2) is 15.6 Å². The fraction of sp³-hybridized carbons (Fsp3) is 0.158. The normalized spacial score (nSPS) is 12.2. The van der Waals surface area contributed by atoms with E-state index in [-0.39, 0.29) is 91.9 Å². The molecule has 0 atom stereocenters. The Labute approximate surface area is 257 Å². The molecule has 0 saturated heterocycles. The predicted molar refractivity (Wildman–Crippen MR) is 134 cm³/mol. The number of azo groups is 1. The summed E-state index contributed by atoms with van der Waals surface area (Å²) in [4.78, 5) is -0.838. The second-order valence-electron chi connectivity index (χ2n) is 6.87. The van der Waals surface area contributed by atoms with Gasteiger partial charge >= 0.3 is 10.4 Å². The fourth-order valence-corrected chi connectivity index (χ4v) is 5.24. The van der Waals surface area contributed by atoms with Gasteiger partial charge in [-0.25, -0.2) is 12.6 Å². The fourth-order valence-electron chi connectivity index (χ4n) is 3.02. The molecular weight excluding hydrogens is 574 g/mol. The van der Waals surface area contributed by atoms with E-state index in [4.69, 9.17) is 9.29 Å². The van der Waals surface area contributed by atoms with Crippen molar-refractivity contribution in [2.45, 2.75) is 9.79 Å². The van der Waals surface area contributed by atoms with Crippen molar-refractivity contribution in [2.75, 3.05) is 19.5 Å². The maximum absolute atomic E-state index is 12.5. The van der Waals surface area contributed by atoms with Crippen LogP contribution in [0.2, 0.25) is 0 Å². The molecule has 37 heavy (non-hydrogen) atoms. The average molecular weight is 593 g/mol. The zero-order chi connectivity index (χ0) is 26.0. The van der Waals surface area contributed by atoms with Crippen LogP contribution in [0.15, 0.2) is 68.6 Å². The summed E-state index contributed by atoms with van der Waals surface area (Å²) >= 11 is 0. The number of hydrogen-bond donors (Lipinski definition) is 3. The molecule has 3 N–H and O–H groups in total. The summed E-state index contributed by atoms with van der Waals surface area (Å²) in [6.45, 7) is -0.840. The van der Waals surface area contributed by atoms with E-state index in [9.17, 15) is 34.9 Å². The molecular formula is C19H18N2Na2O11S3. The maximum Gasteiger partial charge on any atom is 0.397 e. The molecule has 0 heterocycles. The van der Waals surface area contributed by atoms with Crippen LogP contribution in [-0.2, 0) is 34.5 Å². The SMILES string of the molecule is COc1ccc(S(=O)(=O)CCOS(=O)(=O)O)cc1N=Nc1cc(S(=O)(=O)O)c2ccccc2c1O.[Na].[Na]. The molecule has 18 heteroatoms. The molecule has 0 aromatic heterocycles. The standard InChI is InChI=1S/C19H18N2O11S3.2Na/c1-31-17-7-6-12(33(23,24)9-8-32-35(28,29)30)10-15(17)20-21-16-11-18(34(25,26)27)13-4-2-3-5-14(13)19(16)22;;/h2-7,10-11,22H,8-9H2,1H3,(H,25,26,27)(H,28,29,30);;. The smallest absolute Gasteiger partial charge is 0.397 e. The first-order chi connectivity index (χ1) is 16.2. The monoisotopic (exact) mass is 592 g/mol. The van der Waals surface area contributed by atoms with Gasteiger partial charge < -0.3 is 9.84 Å². The van der Waals surface area contributed by atoms with Gasteiger partial charge in [0.2, 0.25) is 0 Å². The number of methoxy groups -OCH3 is 1. The van der Waals surface area contributed by atoms with Gasteiger partial charge in [-0.15, -0.1) is 10.2 Å². The van der Waals surface area contributed by atoms with Crippen molar-refractivity contribution in [3.05, 3.63) is 48.5 Å². The Bertz CT molecular complexity index is 1640. The van der Waals surface area contributed by atoms with Gasteiger partial charge in [0.1, 0.15) is 22.0 Å². The molecule has 3 aromatic carbocycles. The third-order valence-corrected chi connectivity index (χ3v) is 7.63. The van der Waals surface area contributed by atoms with Crippen molar-refractivity contribution in [1.29, 1.82) is 0 Å². The van der Waals surface area contributed by atoms with Crippen molar-refractivity contribution in [1.82, 2.24) is 0 Å². The zero-order valence-electron chi connectivity index (χ0n) is 19.8. The van der Waals surface area contributed by atoms with Gasteiger partial charge in [-0.2, -0.15) is 16.8 Å². The summed E-state index contributed by atoms with van der Waals surface area (Å²) in [6, 6.07) is 10.2. The molecule has 0 saturated carbocycles. The summed E-state index contributed by atoms with van der Waals surface area (Å²) in [5, 5.41) is 18.3. The minimum Gasteiger partial charge on any atom is -0.505 e. The summed E-state index contributed by atoms with van der Waals surface area (Å²) in [5.74, 6) is -1.17. The van der Waals surface area contributed by atoms with Crippen LogP contribution < -0.4 is 4.74 Å². The van der Waals surface area contributed by atoms with Gasteiger partial charge in [0.05, 0.1) is 24.4 Å². The number of nitrogens with zero attached hydrogens (tertiary/aromatic N) is 2. The Morgan fingerprint density at radius 2 is 1.43 bits per heavy atom. The molecule has 13 nitrogen and oxygen atoms in total. The summed E-state index contributed by atoms with van der Waals surface area (Å²) in [6.07, 6.45) is 0. The van der Waals surface area contributed by atoms with E-state index in [1.807, 2.05) is 0 Å². The molecule has 0 unspecified atom stereocenters. The molecule has 0 aliphatic heterocycles. The predicted octanol–water partition coefficient (Wildman–Crippen LogP) is 2.05. The Morgan fingerprint density at radius 3 is 2.00 bits per heavy atom. The molecule has 0 spiro atoms. The number of benzene rings is 3. The van der Waals surface area contributed by atoms with E-state index in [2.05, 4.69) is 14.4 Å². The number of aromatic hydroxyl groups is 1. The molecule has 0 bridgehead atoms. The van der Waals surface area contributed by atoms with E-state index in [0.29, 0.717) is 0 Å². The maximum atomic E-state index is 12.5. The topological polar surface area (TPSA) is 206 Å². The zero-order valence-corrected chi connectivity index (χ0v) is 26.2. The van der Waals surface area contributed by atoms with Gasteiger partial charge in [0, 0.05) is 69.9 Å². The van der Waals surface area contributed by atoms with Crippen LogP contribution in [-0.4, -0.2) is 118 Å². The Balaban J connectivity index is 0.00000342. The number of hydrogen-bond acceptors (Lipinski definition) is 11.